The minimum absolute atomic E-state index is 0.0730. The van der Waals surface area contributed by atoms with Crippen molar-refractivity contribution in [2.24, 2.45) is 0 Å². The molecule has 0 fully saturated rings. The van der Waals surface area contributed by atoms with Crippen LogP contribution in [-0.2, 0) is 6.42 Å². The van der Waals surface area contributed by atoms with Gasteiger partial charge in [0.15, 0.2) is 11.6 Å². The summed E-state index contributed by atoms with van der Waals surface area (Å²) in [4.78, 5) is 15.7. The number of aromatic nitrogens is 4. The van der Waals surface area contributed by atoms with Crippen LogP contribution in [0.2, 0.25) is 0 Å². The predicted octanol–water partition coefficient (Wildman–Crippen LogP) is 6.28. The Morgan fingerprint density at radius 2 is 1.81 bits per heavy atom. The van der Waals surface area contributed by atoms with Crippen LogP contribution in [-0.4, -0.2) is 19.9 Å². The molecule has 7 heteroatoms. The molecule has 0 atom stereocenters. The van der Waals surface area contributed by atoms with Gasteiger partial charge in [-0.15, -0.1) is 0 Å². The second kappa shape index (κ2) is 9.47. The fourth-order valence-electron chi connectivity index (χ4n) is 3.24. The average molecular weight is 421 g/mol. The molecule has 4 rings (SSSR count). The van der Waals surface area contributed by atoms with Crippen molar-refractivity contribution in [3.05, 3.63) is 78.0 Å². The molecule has 0 aliphatic heterocycles. The van der Waals surface area contributed by atoms with Crippen molar-refractivity contribution >= 4 is 22.5 Å². The Morgan fingerprint density at radius 3 is 2.42 bits per heavy atom. The Kier molecular flexibility index (Phi) is 6.74. The van der Waals surface area contributed by atoms with Crippen LogP contribution >= 0.6 is 0 Å². The Balaban J connectivity index is 0.00000132. The zero-order chi connectivity index (χ0) is 22.5. The molecule has 0 spiro atoms. The highest BCUT2D eigenvalue weighted by atomic mass is 19.1. The molecular formula is C24H25F2N5. The maximum atomic E-state index is 13.9. The minimum atomic E-state index is -0.784. The van der Waals surface area contributed by atoms with Crippen molar-refractivity contribution in [2.75, 3.05) is 5.32 Å². The first kappa shape index (κ1) is 22.1. The van der Waals surface area contributed by atoms with Crippen LogP contribution in [0.25, 0.3) is 27.9 Å². The van der Waals surface area contributed by atoms with Crippen LogP contribution in [0.1, 0.15) is 37.7 Å². The number of aryl methyl sites for hydroxylation is 2. The topological polar surface area (TPSA) is 66.5 Å². The van der Waals surface area contributed by atoms with Gasteiger partial charge >= 0.3 is 0 Å². The summed E-state index contributed by atoms with van der Waals surface area (Å²) in [5, 5.41) is 2.84. The number of anilines is 1. The number of benzene rings is 1. The standard InChI is InChI=1S/C22H19F2N5.C2H6/c1-4-20-28-18-7-12(2)15(8-19(18)29-20)14-5-6-21(26-9-14)27-13(3)22-16(23)10-25-11-17(22)24;1-2/h5-11H,3-4H2,1-2H3,(H,26,27)(H,28,29);1-2H3. The lowest BCUT2D eigenvalue weighted by molar-refractivity contribution is 0.567. The number of imidazole rings is 1. The molecule has 2 N–H and O–H groups in total. The molecule has 0 saturated carbocycles. The van der Waals surface area contributed by atoms with E-state index in [1.807, 2.05) is 32.9 Å². The van der Waals surface area contributed by atoms with Gasteiger partial charge in [-0.25, -0.2) is 18.7 Å². The van der Waals surface area contributed by atoms with Crippen LogP contribution in [0.3, 0.4) is 0 Å². The molecule has 0 unspecified atom stereocenters. The lowest BCUT2D eigenvalue weighted by Gasteiger charge is -2.11. The van der Waals surface area contributed by atoms with E-state index in [4.69, 9.17) is 0 Å². The summed E-state index contributed by atoms with van der Waals surface area (Å²) < 4.78 is 27.7. The summed E-state index contributed by atoms with van der Waals surface area (Å²) in [5.74, 6) is -0.188. The van der Waals surface area contributed by atoms with Crippen molar-refractivity contribution in [1.82, 2.24) is 19.9 Å². The van der Waals surface area contributed by atoms with Gasteiger partial charge in [-0.05, 0) is 42.3 Å². The van der Waals surface area contributed by atoms with Crippen LogP contribution in [0, 0.1) is 18.6 Å². The van der Waals surface area contributed by atoms with Crippen LogP contribution in [0.5, 0.6) is 0 Å². The highest BCUT2D eigenvalue weighted by Gasteiger charge is 2.14. The van der Waals surface area contributed by atoms with Crippen molar-refractivity contribution in [2.45, 2.75) is 34.1 Å². The first-order valence-corrected chi connectivity index (χ1v) is 10.2. The smallest absolute Gasteiger partial charge is 0.153 e. The highest BCUT2D eigenvalue weighted by Crippen LogP contribution is 2.28. The minimum Gasteiger partial charge on any atom is -0.342 e. The number of H-pyrrole nitrogens is 1. The van der Waals surface area contributed by atoms with E-state index >= 15 is 0 Å². The molecule has 5 nitrogen and oxygen atoms in total. The molecule has 1 aromatic carbocycles. The number of fused-ring (bicyclic) bond motifs is 1. The van der Waals surface area contributed by atoms with Gasteiger partial charge in [-0.1, -0.05) is 27.4 Å². The largest absolute Gasteiger partial charge is 0.342 e. The summed E-state index contributed by atoms with van der Waals surface area (Å²) in [7, 11) is 0. The number of aromatic amines is 1. The number of hydrogen-bond donors (Lipinski definition) is 2. The highest BCUT2D eigenvalue weighted by molar-refractivity contribution is 5.84. The molecule has 160 valence electrons. The summed E-state index contributed by atoms with van der Waals surface area (Å²) in [6.45, 7) is 11.8. The quantitative estimate of drug-likeness (QED) is 0.398. The van der Waals surface area contributed by atoms with E-state index < -0.39 is 11.6 Å². The van der Waals surface area contributed by atoms with Gasteiger partial charge in [0.25, 0.3) is 0 Å². The van der Waals surface area contributed by atoms with Gasteiger partial charge in [0.2, 0.25) is 0 Å². The van der Waals surface area contributed by atoms with Gasteiger partial charge in [0.05, 0.1) is 29.0 Å². The maximum Gasteiger partial charge on any atom is 0.153 e. The lowest BCUT2D eigenvalue weighted by atomic mass is 10.0. The van der Waals surface area contributed by atoms with E-state index in [2.05, 4.69) is 44.8 Å². The first-order valence-electron chi connectivity index (χ1n) is 10.2. The maximum absolute atomic E-state index is 13.9. The normalized spacial score (nSPS) is 10.5. The molecule has 0 bridgehead atoms. The monoisotopic (exact) mass is 421 g/mol. The first-order chi connectivity index (χ1) is 15.0. The molecule has 0 aliphatic rings. The molecule has 3 heterocycles. The number of pyridine rings is 2. The van der Waals surface area contributed by atoms with E-state index in [1.165, 1.54) is 0 Å². The second-order valence-electron chi connectivity index (χ2n) is 6.74. The van der Waals surface area contributed by atoms with Crippen molar-refractivity contribution in [3.8, 4) is 11.1 Å². The number of halogens is 2. The van der Waals surface area contributed by atoms with Crippen molar-refractivity contribution < 1.29 is 8.78 Å². The van der Waals surface area contributed by atoms with Gasteiger partial charge < -0.3 is 10.3 Å². The molecule has 4 aromatic rings. The van der Waals surface area contributed by atoms with Gasteiger partial charge in [-0.3, -0.25) is 4.98 Å². The van der Waals surface area contributed by atoms with Crippen LogP contribution < -0.4 is 5.32 Å². The number of rotatable bonds is 5. The number of nitrogens with zero attached hydrogens (tertiary/aromatic N) is 3. The summed E-state index contributed by atoms with van der Waals surface area (Å²) in [6, 6.07) is 7.73. The van der Waals surface area contributed by atoms with E-state index in [9.17, 15) is 8.78 Å². The number of nitrogens with one attached hydrogen (secondary N) is 2. The summed E-state index contributed by atoms with van der Waals surface area (Å²) in [5.41, 5.74) is 4.77. The SMILES string of the molecule is C=C(Nc1ccc(-c2cc3nc(CC)[nH]c3cc2C)cn1)c1c(F)cncc1F.CC. The van der Waals surface area contributed by atoms with E-state index in [0.29, 0.717) is 5.82 Å². The van der Waals surface area contributed by atoms with Gasteiger partial charge in [-0.2, -0.15) is 0 Å². The second-order valence-corrected chi connectivity index (χ2v) is 6.74. The fourth-order valence-corrected chi connectivity index (χ4v) is 3.24. The molecular weight excluding hydrogens is 396 g/mol. The summed E-state index contributed by atoms with van der Waals surface area (Å²) in [6.07, 6.45) is 4.43. The molecule has 0 aliphatic carbocycles. The Bertz CT molecular complexity index is 1190. The molecule has 0 radical (unpaired) electrons. The zero-order valence-corrected chi connectivity index (χ0v) is 18.1. The Morgan fingerprint density at radius 1 is 1.10 bits per heavy atom. The summed E-state index contributed by atoms with van der Waals surface area (Å²) >= 11 is 0. The van der Waals surface area contributed by atoms with E-state index in [0.717, 1.165) is 52.4 Å². The Labute approximate surface area is 180 Å². The van der Waals surface area contributed by atoms with Gasteiger partial charge in [0.1, 0.15) is 11.6 Å². The van der Waals surface area contributed by atoms with Gasteiger partial charge in [0, 0.05) is 23.9 Å². The Hall–Kier alpha value is -3.61. The van der Waals surface area contributed by atoms with E-state index in [1.54, 1.807) is 12.3 Å². The lowest BCUT2D eigenvalue weighted by Crippen LogP contribution is -2.04. The zero-order valence-electron chi connectivity index (χ0n) is 18.1. The molecule has 0 saturated heterocycles. The van der Waals surface area contributed by atoms with E-state index in [-0.39, 0.29) is 11.3 Å². The third kappa shape index (κ3) is 4.60. The predicted molar refractivity (Wildman–Crippen MR) is 122 cm³/mol. The van der Waals surface area contributed by atoms with Crippen LogP contribution in [0.4, 0.5) is 14.6 Å². The average Bonchev–Trinajstić information content (AvgIpc) is 3.17. The fraction of sp³-hybridized carbons (Fsp3) is 0.208. The molecule has 3 aromatic heterocycles. The van der Waals surface area contributed by atoms with Crippen LogP contribution in [0.15, 0.2) is 49.4 Å². The third-order valence-electron chi connectivity index (χ3n) is 4.72. The number of hydrogen-bond acceptors (Lipinski definition) is 4. The molecule has 31 heavy (non-hydrogen) atoms. The molecule has 0 amide bonds. The third-order valence-corrected chi connectivity index (χ3v) is 4.72. The van der Waals surface area contributed by atoms with Crippen molar-refractivity contribution in [3.63, 3.8) is 0 Å². The van der Waals surface area contributed by atoms with Crippen molar-refractivity contribution in [1.29, 1.82) is 0 Å².